The van der Waals surface area contributed by atoms with E-state index in [2.05, 4.69) is 10.3 Å². The van der Waals surface area contributed by atoms with E-state index in [1.165, 1.54) is 13.2 Å². The van der Waals surface area contributed by atoms with Gasteiger partial charge in [-0.2, -0.15) is 0 Å². The molecule has 1 fully saturated rings. The van der Waals surface area contributed by atoms with Gasteiger partial charge in [0.1, 0.15) is 18.0 Å². The lowest BCUT2D eigenvalue weighted by molar-refractivity contribution is -0.0124. The van der Waals surface area contributed by atoms with Crippen molar-refractivity contribution in [1.29, 1.82) is 0 Å². The summed E-state index contributed by atoms with van der Waals surface area (Å²) < 4.78 is 26.1. The van der Waals surface area contributed by atoms with Crippen LogP contribution in [0, 0.1) is 12.7 Å². The molecule has 32 heavy (non-hydrogen) atoms. The van der Waals surface area contributed by atoms with Crippen molar-refractivity contribution in [3.05, 3.63) is 64.6 Å². The fraction of sp³-hybridized carbons (Fsp3) is 0.400. The zero-order valence-corrected chi connectivity index (χ0v) is 18.1. The van der Waals surface area contributed by atoms with Crippen LogP contribution in [0.3, 0.4) is 0 Å². The van der Waals surface area contributed by atoms with Crippen LogP contribution in [0.4, 0.5) is 4.39 Å². The summed E-state index contributed by atoms with van der Waals surface area (Å²) >= 11 is 0. The normalized spacial score (nSPS) is 25.0. The lowest BCUT2D eigenvalue weighted by atomic mass is 9.94. The first-order chi connectivity index (χ1) is 15.5. The number of hydrogen-bond acceptors (Lipinski definition) is 6. The summed E-state index contributed by atoms with van der Waals surface area (Å²) in [6, 6.07) is 9.46. The molecule has 1 saturated carbocycles. The number of aromatic nitrogens is 1. The molecule has 3 N–H and O–H groups in total. The third-order valence-corrected chi connectivity index (χ3v) is 6.80. The molecule has 2 aliphatic rings. The molecule has 168 valence electrons. The molecule has 5 rings (SSSR count). The van der Waals surface area contributed by atoms with E-state index in [0.717, 1.165) is 27.6 Å². The van der Waals surface area contributed by atoms with Gasteiger partial charge in [0, 0.05) is 41.2 Å². The highest BCUT2D eigenvalue weighted by Crippen LogP contribution is 2.41. The summed E-state index contributed by atoms with van der Waals surface area (Å²) in [7, 11) is 1.43. The van der Waals surface area contributed by atoms with Crippen molar-refractivity contribution >= 4 is 10.9 Å². The predicted molar refractivity (Wildman–Crippen MR) is 119 cm³/mol. The fourth-order valence-corrected chi connectivity index (χ4v) is 4.97. The second-order valence-electron chi connectivity index (χ2n) is 8.66. The van der Waals surface area contributed by atoms with Crippen LogP contribution in [-0.2, 0) is 13.0 Å². The smallest absolute Gasteiger partial charge is 0.168 e. The Labute approximate surface area is 186 Å². The molecule has 0 saturated heterocycles. The predicted octanol–water partition coefficient (Wildman–Crippen LogP) is 2.99. The maximum atomic E-state index is 14.7. The minimum Gasteiger partial charge on any atom is -0.494 e. The number of methoxy groups -OCH3 is 1. The molecule has 1 aliphatic carbocycles. The van der Waals surface area contributed by atoms with Crippen LogP contribution in [0.15, 0.2) is 36.5 Å². The van der Waals surface area contributed by atoms with Crippen molar-refractivity contribution in [1.82, 2.24) is 10.3 Å². The van der Waals surface area contributed by atoms with Gasteiger partial charge in [0.25, 0.3) is 0 Å². The van der Waals surface area contributed by atoms with Crippen molar-refractivity contribution < 1.29 is 24.1 Å². The molecule has 0 amide bonds. The zero-order chi connectivity index (χ0) is 22.4. The SMILES string of the molecule is COc1cc(OC2CC(c3ccc4c(C)ccnc4c3)C(O)C2O)c2c(c1F)CCNC2. The molecule has 6 nitrogen and oxygen atoms in total. The molecule has 2 heterocycles. The van der Waals surface area contributed by atoms with Gasteiger partial charge in [0.15, 0.2) is 11.6 Å². The number of aliphatic hydroxyl groups is 2. The molecule has 4 unspecified atom stereocenters. The van der Waals surface area contributed by atoms with E-state index in [1.54, 1.807) is 6.20 Å². The van der Waals surface area contributed by atoms with Crippen molar-refractivity contribution in [3.63, 3.8) is 0 Å². The number of pyridine rings is 1. The van der Waals surface area contributed by atoms with Crippen molar-refractivity contribution in [2.45, 2.75) is 50.5 Å². The number of fused-ring (bicyclic) bond motifs is 2. The van der Waals surface area contributed by atoms with Gasteiger partial charge in [-0.05, 0) is 49.6 Å². The van der Waals surface area contributed by atoms with E-state index in [-0.39, 0.29) is 17.5 Å². The number of nitrogens with one attached hydrogen (secondary N) is 1. The van der Waals surface area contributed by atoms with Crippen LogP contribution >= 0.6 is 0 Å². The fourth-order valence-electron chi connectivity index (χ4n) is 4.97. The Kier molecular flexibility index (Phi) is 5.49. The summed E-state index contributed by atoms with van der Waals surface area (Å²) in [5.41, 5.74) is 4.23. The molecule has 4 atom stereocenters. The number of rotatable bonds is 4. The highest BCUT2D eigenvalue weighted by atomic mass is 19.1. The van der Waals surface area contributed by atoms with Gasteiger partial charge >= 0.3 is 0 Å². The Morgan fingerprint density at radius 3 is 2.75 bits per heavy atom. The molecular weight excluding hydrogens is 411 g/mol. The first-order valence-corrected chi connectivity index (χ1v) is 10.9. The van der Waals surface area contributed by atoms with Gasteiger partial charge in [-0.1, -0.05) is 12.1 Å². The number of aryl methyl sites for hydroxylation is 1. The molecule has 0 bridgehead atoms. The van der Waals surface area contributed by atoms with E-state index in [0.29, 0.717) is 37.2 Å². The molecule has 3 aromatic rings. The van der Waals surface area contributed by atoms with E-state index < -0.39 is 18.3 Å². The van der Waals surface area contributed by atoms with Crippen LogP contribution in [0.2, 0.25) is 0 Å². The largest absolute Gasteiger partial charge is 0.494 e. The van der Waals surface area contributed by atoms with Crippen molar-refractivity contribution in [2.24, 2.45) is 0 Å². The monoisotopic (exact) mass is 438 g/mol. The van der Waals surface area contributed by atoms with Crippen LogP contribution in [0.5, 0.6) is 11.5 Å². The Morgan fingerprint density at radius 1 is 1.09 bits per heavy atom. The lowest BCUT2D eigenvalue weighted by Crippen LogP contribution is -2.34. The van der Waals surface area contributed by atoms with E-state index in [9.17, 15) is 14.6 Å². The van der Waals surface area contributed by atoms with Gasteiger partial charge in [-0.25, -0.2) is 4.39 Å². The summed E-state index contributed by atoms with van der Waals surface area (Å²) in [5.74, 6) is -0.0439. The first-order valence-electron chi connectivity index (χ1n) is 10.9. The summed E-state index contributed by atoms with van der Waals surface area (Å²) in [6.07, 6.45) is 0.0744. The highest BCUT2D eigenvalue weighted by molar-refractivity contribution is 5.82. The number of benzene rings is 2. The Morgan fingerprint density at radius 2 is 1.94 bits per heavy atom. The number of ether oxygens (including phenoxy) is 2. The molecule has 7 heteroatoms. The van der Waals surface area contributed by atoms with E-state index in [4.69, 9.17) is 9.47 Å². The van der Waals surface area contributed by atoms with Crippen LogP contribution in [0.1, 0.15) is 34.6 Å². The number of halogens is 1. The van der Waals surface area contributed by atoms with Gasteiger partial charge < -0.3 is 25.0 Å². The average molecular weight is 438 g/mol. The third kappa shape index (κ3) is 3.50. The number of nitrogens with zero attached hydrogens (tertiary/aromatic N) is 1. The standard InChI is InChI=1S/C25H27FN2O4/c1-13-5-8-28-19-9-14(3-4-15(13)19)17-10-22(25(30)24(17)29)32-20-11-21(31-2)23(26)16-6-7-27-12-18(16)20/h3-5,8-9,11,17,22,24-25,27,29-30H,6-7,10,12H2,1-2H3. The summed E-state index contributed by atoms with van der Waals surface area (Å²) in [6.45, 7) is 3.20. The molecule has 1 aromatic heterocycles. The van der Waals surface area contributed by atoms with Gasteiger partial charge in [0.2, 0.25) is 0 Å². The third-order valence-electron chi connectivity index (χ3n) is 6.80. The Balaban J connectivity index is 1.44. The quantitative estimate of drug-likeness (QED) is 0.581. The minimum atomic E-state index is -1.07. The maximum Gasteiger partial charge on any atom is 0.168 e. The molecular formula is C25H27FN2O4. The second kappa shape index (κ2) is 8.31. The second-order valence-corrected chi connectivity index (χ2v) is 8.66. The topological polar surface area (TPSA) is 83.8 Å². The summed E-state index contributed by atoms with van der Waals surface area (Å²) in [4.78, 5) is 4.45. The number of aliphatic hydroxyl groups excluding tert-OH is 2. The molecule has 0 radical (unpaired) electrons. The van der Waals surface area contributed by atoms with E-state index >= 15 is 0 Å². The first kappa shape index (κ1) is 21.1. The molecule has 2 aromatic carbocycles. The molecule has 1 aliphatic heterocycles. The molecule has 0 spiro atoms. The minimum absolute atomic E-state index is 0.126. The van der Waals surface area contributed by atoms with Crippen LogP contribution in [0.25, 0.3) is 10.9 Å². The van der Waals surface area contributed by atoms with E-state index in [1.807, 2.05) is 31.2 Å². The average Bonchev–Trinajstić information content (AvgIpc) is 3.09. The van der Waals surface area contributed by atoms with Gasteiger partial charge in [0.05, 0.1) is 18.7 Å². The van der Waals surface area contributed by atoms with Gasteiger partial charge in [-0.15, -0.1) is 0 Å². The lowest BCUT2D eigenvalue weighted by Gasteiger charge is -2.25. The zero-order valence-electron chi connectivity index (χ0n) is 18.1. The van der Waals surface area contributed by atoms with Crippen molar-refractivity contribution in [2.75, 3.05) is 13.7 Å². The number of hydrogen-bond donors (Lipinski definition) is 3. The Bertz CT molecular complexity index is 1170. The van der Waals surface area contributed by atoms with Crippen LogP contribution < -0.4 is 14.8 Å². The Hall–Kier alpha value is -2.74. The maximum absolute atomic E-state index is 14.7. The van der Waals surface area contributed by atoms with Crippen LogP contribution in [-0.4, -0.2) is 47.2 Å². The summed E-state index contributed by atoms with van der Waals surface area (Å²) in [5, 5.41) is 25.9. The van der Waals surface area contributed by atoms with Crippen molar-refractivity contribution in [3.8, 4) is 11.5 Å². The highest BCUT2D eigenvalue weighted by Gasteiger charge is 2.44. The van der Waals surface area contributed by atoms with Gasteiger partial charge in [-0.3, -0.25) is 4.98 Å².